The molecule has 1 aromatic carbocycles. The fraction of sp³-hybridized carbons (Fsp3) is 0.455. The van der Waals surface area contributed by atoms with Crippen LogP contribution >= 0.6 is 11.8 Å². The maximum absolute atomic E-state index is 9.11. The van der Waals surface area contributed by atoms with Crippen molar-refractivity contribution >= 4 is 11.8 Å². The minimum atomic E-state index is 0.341. The molecule has 3 heteroatoms. The number of phenols is 1. The Morgan fingerprint density at radius 2 is 2.14 bits per heavy atom. The molecule has 0 aliphatic carbocycles. The predicted molar refractivity (Wildman–Crippen MR) is 59.9 cm³/mol. The van der Waals surface area contributed by atoms with Crippen molar-refractivity contribution in [2.45, 2.75) is 23.8 Å². The highest BCUT2D eigenvalue weighted by Gasteiger charge is 2.13. The Balaban J connectivity index is 1.82. The van der Waals surface area contributed by atoms with Crippen LogP contribution in [0.25, 0.3) is 0 Å². The molecule has 0 aromatic heterocycles. The summed E-state index contributed by atoms with van der Waals surface area (Å²) >= 11 is 1.85. The van der Waals surface area contributed by atoms with Crippen LogP contribution in [0, 0.1) is 0 Å². The molecule has 1 saturated heterocycles. The zero-order valence-electron chi connectivity index (χ0n) is 8.07. The number of nitrogens with one attached hydrogen (secondary N) is 1. The summed E-state index contributed by atoms with van der Waals surface area (Å²) in [6.07, 6.45) is 2.60. The van der Waals surface area contributed by atoms with E-state index < -0.39 is 0 Å². The van der Waals surface area contributed by atoms with Gasteiger partial charge in [-0.2, -0.15) is 0 Å². The summed E-state index contributed by atoms with van der Waals surface area (Å²) in [6.45, 7) is 1.17. The second-order valence-corrected chi connectivity index (χ2v) is 4.69. The van der Waals surface area contributed by atoms with Crippen molar-refractivity contribution in [3.63, 3.8) is 0 Å². The quantitative estimate of drug-likeness (QED) is 0.749. The zero-order valence-corrected chi connectivity index (χ0v) is 8.89. The average molecular weight is 209 g/mol. The Morgan fingerprint density at radius 1 is 1.36 bits per heavy atom. The highest BCUT2D eigenvalue weighted by Crippen LogP contribution is 2.23. The van der Waals surface area contributed by atoms with Gasteiger partial charge >= 0.3 is 0 Å². The lowest BCUT2D eigenvalue weighted by Crippen LogP contribution is -2.23. The van der Waals surface area contributed by atoms with Gasteiger partial charge in [-0.25, -0.2) is 0 Å². The molecular formula is C11H15NOS. The van der Waals surface area contributed by atoms with Gasteiger partial charge in [0.05, 0.1) is 0 Å². The molecule has 0 saturated carbocycles. The third kappa shape index (κ3) is 2.66. The number of thioether (sulfide) groups is 1. The van der Waals surface area contributed by atoms with E-state index in [-0.39, 0.29) is 0 Å². The molecular weight excluding hydrogens is 194 g/mol. The van der Waals surface area contributed by atoms with Crippen LogP contribution in [0.4, 0.5) is 0 Å². The van der Waals surface area contributed by atoms with Gasteiger partial charge in [0, 0.05) is 16.7 Å². The minimum absolute atomic E-state index is 0.341. The van der Waals surface area contributed by atoms with Crippen LogP contribution in [0.5, 0.6) is 5.75 Å². The molecule has 1 heterocycles. The van der Waals surface area contributed by atoms with E-state index in [1.165, 1.54) is 24.3 Å². The minimum Gasteiger partial charge on any atom is -0.508 e. The van der Waals surface area contributed by atoms with Crippen molar-refractivity contribution < 1.29 is 5.11 Å². The topological polar surface area (TPSA) is 32.3 Å². The van der Waals surface area contributed by atoms with E-state index in [4.69, 9.17) is 5.11 Å². The molecule has 1 unspecified atom stereocenters. The zero-order chi connectivity index (χ0) is 9.80. The summed E-state index contributed by atoms with van der Waals surface area (Å²) in [6, 6.07) is 8.09. The molecule has 1 aliphatic heterocycles. The molecule has 0 amide bonds. The molecule has 1 aliphatic rings. The maximum Gasteiger partial charge on any atom is 0.115 e. The van der Waals surface area contributed by atoms with Crippen LogP contribution in [0.2, 0.25) is 0 Å². The highest BCUT2D eigenvalue weighted by molar-refractivity contribution is 7.99. The summed E-state index contributed by atoms with van der Waals surface area (Å²) < 4.78 is 0. The number of aromatic hydroxyl groups is 1. The third-order valence-electron chi connectivity index (χ3n) is 2.45. The molecule has 0 bridgehead atoms. The van der Waals surface area contributed by atoms with Crippen LogP contribution in [-0.4, -0.2) is 23.4 Å². The molecule has 1 aromatic rings. The predicted octanol–water partition coefficient (Wildman–Crippen LogP) is 2.24. The van der Waals surface area contributed by atoms with Crippen LogP contribution in [0.1, 0.15) is 12.8 Å². The van der Waals surface area contributed by atoms with Crippen molar-refractivity contribution in [2.75, 3.05) is 12.3 Å². The smallest absolute Gasteiger partial charge is 0.115 e. The second-order valence-electron chi connectivity index (χ2n) is 3.60. The van der Waals surface area contributed by atoms with Crippen molar-refractivity contribution in [3.05, 3.63) is 24.3 Å². The monoisotopic (exact) mass is 209 g/mol. The molecule has 0 radical (unpaired) electrons. The van der Waals surface area contributed by atoms with Gasteiger partial charge in [0.1, 0.15) is 5.75 Å². The standard InChI is InChI=1S/C11H15NOS/c13-10-3-5-11(6-4-10)14-8-9-2-1-7-12-9/h3-6,9,12-13H,1-2,7-8H2. The van der Waals surface area contributed by atoms with Gasteiger partial charge in [-0.3, -0.25) is 0 Å². The van der Waals surface area contributed by atoms with E-state index in [9.17, 15) is 0 Å². The van der Waals surface area contributed by atoms with Crippen LogP contribution < -0.4 is 5.32 Å². The van der Waals surface area contributed by atoms with E-state index in [0.717, 1.165) is 5.75 Å². The van der Waals surface area contributed by atoms with Gasteiger partial charge < -0.3 is 10.4 Å². The van der Waals surface area contributed by atoms with Crippen LogP contribution in [0.3, 0.4) is 0 Å². The average Bonchev–Trinajstić information content (AvgIpc) is 2.70. The molecule has 2 nitrogen and oxygen atoms in total. The van der Waals surface area contributed by atoms with Gasteiger partial charge in [0.25, 0.3) is 0 Å². The first-order chi connectivity index (χ1) is 6.84. The Hall–Kier alpha value is -0.670. The fourth-order valence-corrected chi connectivity index (χ4v) is 2.64. The van der Waals surface area contributed by atoms with Gasteiger partial charge in [0.2, 0.25) is 0 Å². The summed E-state index contributed by atoms with van der Waals surface area (Å²) in [5.74, 6) is 1.47. The first-order valence-electron chi connectivity index (χ1n) is 5.00. The molecule has 0 spiro atoms. The largest absolute Gasteiger partial charge is 0.508 e. The van der Waals surface area contributed by atoms with Crippen LogP contribution in [0.15, 0.2) is 29.2 Å². The molecule has 2 N–H and O–H groups in total. The van der Waals surface area contributed by atoms with Crippen LogP contribution in [-0.2, 0) is 0 Å². The van der Waals surface area contributed by atoms with E-state index in [1.807, 2.05) is 23.9 Å². The van der Waals surface area contributed by atoms with E-state index in [0.29, 0.717) is 11.8 Å². The van der Waals surface area contributed by atoms with Crippen molar-refractivity contribution in [1.82, 2.24) is 5.32 Å². The summed E-state index contributed by atoms with van der Waals surface area (Å²) in [7, 11) is 0. The van der Waals surface area contributed by atoms with E-state index >= 15 is 0 Å². The lowest BCUT2D eigenvalue weighted by molar-refractivity contribution is 0.475. The Kier molecular flexibility index (Phi) is 3.32. The SMILES string of the molecule is Oc1ccc(SCC2CCCN2)cc1. The second kappa shape index (κ2) is 4.71. The summed E-state index contributed by atoms with van der Waals surface area (Å²) in [5, 5.41) is 12.6. The van der Waals surface area contributed by atoms with Gasteiger partial charge in [-0.1, -0.05) is 0 Å². The Bertz CT molecular complexity index is 280. The number of hydrogen-bond donors (Lipinski definition) is 2. The lowest BCUT2D eigenvalue weighted by Gasteiger charge is -2.08. The molecule has 14 heavy (non-hydrogen) atoms. The third-order valence-corrected chi connectivity index (χ3v) is 3.62. The van der Waals surface area contributed by atoms with Gasteiger partial charge in [0.15, 0.2) is 0 Å². The normalized spacial score (nSPS) is 21.3. The van der Waals surface area contributed by atoms with Gasteiger partial charge in [-0.15, -0.1) is 11.8 Å². The number of rotatable bonds is 3. The summed E-state index contributed by atoms with van der Waals surface area (Å²) in [4.78, 5) is 1.23. The van der Waals surface area contributed by atoms with Crippen molar-refractivity contribution in [3.8, 4) is 5.75 Å². The lowest BCUT2D eigenvalue weighted by atomic mass is 10.3. The van der Waals surface area contributed by atoms with Gasteiger partial charge in [-0.05, 0) is 43.7 Å². The first kappa shape index (κ1) is 9.87. The Labute approximate surface area is 88.7 Å². The highest BCUT2D eigenvalue weighted by atomic mass is 32.2. The van der Waals surface area contributed by atoms with E-state index in [1.54, 1.807) is 12.1 Å². The maximum atomic E-state index is 9.11. The molecule has 2 rings (SSSR count). The van der Waals surface area contributed by atoms with Crippen molar-refractivity contribution in [1.29, 1.82) is 0 Å². The number of phenolic OH excluding ortho intramolecular Hbond substituents is 1. The molecule has 1 fully saturated rings. The van der Waals surface area contributed by atoms with E-state index in [2.05, 4.69) is 5.32 Å². The number of benzene rings is 1. The fourth-order valence-electron chi connectivity index (χ4n) is 1.64. The Morgan fingerprint density at radius 3 is 2.79 bits per heavy atom. The van der Waals surface area contributed by atoms with Crippen molar-refractivity contribution in [2.24, 2.45) is 0 Å². The number of hydrogen-bond acceptors (Lipinski definition) is 3. The summed E-state index contributed by atoms with van der Waals surface area (Å²) in [5.41, 5.74) is 0. The first-order valence-corrected chi connectivity index (χ1v) is 5.98. The molecule has 76 valence electrons. The molecule has 1 atom stereocenters.